The molecule has 0 aliphatic heterocycles. The number of nitrogens with one attached hydrogen (secondary N) is 1. The number of carbonyl (C=O) groups is 1. The van der Waals surface area contributed by atoms with E-state index in [-0.39, 0.29) is 12.3 Å². The van der Waals surface area contributed by atoms with E-state index >= 15 is 0 Å². The molecule has 0 bridgehead atoms. The van der Waals surface area contributed by atoms with E-state index in [1.807, 2.05) is 6.92 Å². The van der Waals surface area contributed by atoms with E-state index in [9.17, 15) is 18.0 Å². The van der Waals surface area contributed by atoms with Crippen LogP contribution in [-0.4, -0.2) is 19.1 Å². The molecule has 0 fully saturated rings. The molecule has 0 aliphatic carbocycles. The van der Waals surface area contributed by atoms with Crippen molar-refractivity contribution >= 4 is 11.6 Å². The van der Waals surface area contributed by atoms with Crippen molar-refractivity contribution in [1.82, 2.24) is 0 Å². The van der Waals surface area contributed by atoms with Crippen molar-refractivity contribution in [1.29, 1.82) is 0 Å². The number of ether oxygens (including phenoxy) is 2. The molecule has 1 N–H and O–H groups in total. The van der Waals surface area contributed by atoms with Crippen LogP contribution in [0, 0.1) is 0 Å². The smallest absolute Gasteiger partial charge is 0.416 e. The average Bonchev–Trinajstić information content (AvgIpc) is 2.58. The van der Waals surface area contributed by atoms with Crippen molar-refractivity contribution in [3.8, 4) is 11.5 Å². The second kappa shape index (κ2) is 8.41. The van der Waals surface area contributed by atoms with E-state index in [1.54, 1.807) is 24.3 Å². The van der Waals surface area contributed by atoms with Crippen LogP contribution in [-0.2, 0) is 11.0 Å². The van der Waals surface area contributed by atoms with Gasteiger partial charge >= 0.3 is 6.18 Å². The van der Waals surface area contributed by atoms with Gasteiger partial charge in [0.15, 0.2) is 6.61 Å². The minimum Gasteiger partial charge on any atom is -0.493 e. The second-order valence-corrected chi connectivity index (χ2v) is 5.24. The lowest BCUT2D eigenvalue weighted by atomic mass is 10.2. The van der Waals surface area contributed by atoms with E-state index in [1.165, 1.54) is 12.1 Å². The van der Waals surface area contributed by atoms with E-state index in [0.29, 0.717) is 18.1 Å². The molecule has 0 radical (unpaired) electrons. The van der Waals surface area contributed by atoms with E-state index in [0.717, 1.165) is 18.6 Å². The summed E-state index contributed by atoms with van der Waals surface area (Å²) in [4.78, 5) is 11.9. The SMILES string of the molecule is CCCOc1cccc(OCC(=O)Nc2cccc(C(F)(F)F)c2)c1. The predicted molar refractivity (Wildman–Crippen MR) is 87.8 cm³/mol. The van der Waals surface area contributed by atoms with Crippen molar-refractivity contribution in [3.63, 3.8) is 0 Å². The van der Waals surface area contributed by atoms with E-state index < -0.39 is 17.6 Å². The Morgan fingerprint density at radius 2 is 1.72 bits per heavy atom. The number of anilines is 1. The van der Waals surface area contributed by atoms with Gasteiger partial charge in [-0.15, -0.1) is 0 Å². The summed E-state index contributed by atoms with van der Waals surface area (Å²) in [7, 11) is 0. The lowest BCUT2D eigenvalue weighted by Crippen LogP contribution is -2.20. The Morgan fingerprint density at radius 3 is 2.40 bits per heavy atom. The number of carbonyl (C=O) groups excluding carboxylic acids is 1. The van der Waals surface area contributed by atoms with E-state index in [4.69, 9.17) is 9.47 Å². The average molecular weight is 353 g/mol. The molecule has 0 heterocycles. The summed E-state index contributed by atoms with van der Waals surface area (Å²) in [6.45, 7) is 2.23. The Morgan fingerprint density at radius 1 is 1.04 bits per heavy atom. The van der Waals surface area contributed by atoms with Crippen LogP contribution in [0.5, 0.6) is 11.5 Å². The van der Waals surface area contributed by atoms with Gasteiger partial charge in [-0.25, -0.2) is 0 Å². The van der Waals surface area contributed by atoms with Gasteiger partial charge in [-0.3, -0.25) is 4.79 Å². The van der Waals surface area contributed by atoms with Crippen LogP contribution in [0.2, 0.25) is 0 Å². The molecular formula is C18H18F3NO3. The Balaban J connectivity index is 1.91. The summed E-state index contributed by atoms with van der Waals surface area (Å²) >= 11 is 0. The van der Waals surface area contributed by atoms with Gasteiger partial charge in [-0.2, -0.15) is 13.2 Å². The molecular weight excluding hydrogens is 335 g/mol. The number of hydrogen-bond donors (Lipinski definition) is 1. The third-order valence-electron chi connectivity index (χ3n) is 3.12. The lowest BCUT2D eigenvalue weighted by molar-refractivity contribution is -0.137. The number of hydrogen-bond acceptors (Lipinski definition) is 3. The molecule has 2 rings (SSSR count). The van der Waals surface area contributed by atoms with Gasteiger partial charge in [0.05, 0.1) is 12.2 Å². The molecule has 0 spiro atoms. The molecule has 0 saturated heterocycles. The maximum atomic E-state index is 12.7. The fourth-order valence-corrected chi connectivity index (χ4v) is 1.99. The van der Waals surface area contributed by atoms with Crippen molar-refractivity contribution in [3.05, 3.63) is 54.1 Å². The van der Waals surface area contributed by atoms with Crippen LogP contribution >= 0.6 is 0 Å². The first kappa shape index (κ1) is 18.6. The fraction of sp³-hybridized carbons (Fsp3) is 0.278. The molecule has 0 aromatic heterocycles. The minimum absolute atomic E-state index is 0.0588. The third kappa shape index (κ3) is 6.02. The van der Waals surface area contributed by atoms with Crippen molar-refractivity contribution in [2.45, 2.75) is 19.5 Å². The Kier molecular flexibility index (Phi) is 6.27. The molecule has 2 aromatic rings. The number of halogens is 3. The number of benzene rings is 2. The zero-order valence-electron chi connectivity index (χ0n) is 13.6. The number of amides is 1. The summed E-state index contributed by atoms with van der Waals surface area (Å²) in [5.74, 6) is 0.504. The predicted octanol–water partition coefficient (Wildman–Crippen LogP) is 4.51. The fourth-order valence-electron chi connectivity index (χ4n) is 1.99. The van der Waals surface area contributed by atoms with Crippen LogP contribution < -0.4 is 14.8 Å². The van der Waals surface area contributed by atoms with Gasteiger partial charge in [0.1, 0.15) is 11.5 Å². The summed E-state index contributed by atoms with van der Waals surface area (Å²) in [5.41, 5.74) is -0.768. The van der Waals surface area contributed by atoms with Gasteiger partial charge < -0.3 is 14.8 Å². The zero-order chi connectivity index (χ0) is 18.3. The third-order valence-corrected chi connectivity index (χ3v) is 3.12. The largest absolute Gasteiger partial charge is 0.493 e. The highest BCUT2D eigenvalue weighted by atomic mass is 19.4. The van der Waals surface area contributed by atoms with Crippen LogP contribution in [0.1, 0.15) is 18.9 Å². The summed E-state index contributed by atoms with van der Waals surface area (Å²) in [6, 6.07) is 11.2. The van der Waals surface area contributed by atoms with Crippen molar-refractivity contribution in [2.75, 3.05) is 18.5 Å². The molecule has 25 heavy (non-hydrogen) atoms. The van der Waals surface area contributed by atoms with Crippen LogP contribution in [0.4, 0.5) is 18.9 Å². The molecule has 4 nitrogen and oxygen atoms in total. The van der Waals surface area contributed by atoms with Gasteiger partial charge in [-0.05, 0) is 36.8 Å². The van der Waals surface area contributed by atoms with Crippen LogP contribution in [0.15, 0.2) is 48.5 Å². The highest BCUT2D eigenvalue weighted by molar-refractivity contribution is 5.91. The van der Waals surface area contributed by atoms with Gasteiger partial charge in [0.25, 0.3) is 5.91 Å². The first-order valence-corrected chi connectivity index (χ1v) is 7.71. The molecule has 0 aliphatic rings. The van der Waals surface area contributed by atoms with E-state index in [2.05, 4.69) is 5.32 Å². The van der Waals surface area contributed by atoms with Gasteiger partial charge in [0, 0.05) is 11.8 Å². The summed E-state index contributed by atoms with van der Waals surface area (Å²) in [5, 5.41) is 2.38. The standard InChI is InChI=1S/C18H18F3NO3/c1-2-9-24-15-7-4-8-16(11-15)25-12-17(23)22-14-6-3-5-13(10-14)18(19,20)21/h3-8,10-11H,2,9,12H2,1H3,(H,22,23). The van der Waals surface area contributed by atoms with Gasteiger partial charge in [0.2, 0.25) is 0 Å². The topological polar surface area (TPSA) is 47.6 Å². The Labute approximate surface area is 143 Å². The normalized spacial score (nSPS) is 11.0. The molecule has 7 heteroatoms. The maximum Gasteiger partial charge on any atom is 0.416 e. The first-order valence-electron chi connectivity index (χ1n) is 7.71. The Bertz CT molecular complexity index is 717. The molecule has 1 amide bonds. The van der Waals surface area contributed by atoms with Crippen LogP contribution in [0.25, 0.3) is 0 Å². The second-order valence-electron chi connectivity index (χ2n) is 5.24. The highest BCUT2D eigenvalue weighted by Crippen LogP contribution is 2.30. The molecule has 0 atom stereocenters. The first-order chi connectivity index (χ1) is 11.9. The highest BCUT2D eigenvalue weighted by Gasteiger charge is 2.30. The van der Waals surface area contributed by atoms with Gasteiger partial charge in [-0.1, -0.05) is 19.1 Å². The molecule has 0 saturated carbocycles. The molecule has 2 aromatic carbocycles. The lowest BCUT2D eigenvalue weighted by Gasteiger charge is -2.11. The van der Waals surface area contributed by atoms with Crippen molar-refractivity contribution in [2.24, 2.45) is 0 Å². The van der Waals surface area contributed by atoms with Crippen LogP contribution in [0.3, 0.4) is 0 Å². The monoisotopic (exact) mass is 353 g/mol. The summed E-state index contributed by atoms with van der Waals surface area (Å²) < 4.78 is 48.8. The number of alkyl halides is 3. The molecule has 0 unspecified atom stereocenters. The van der Waals surface area contributed by atoms with Crippen molar-refractivity contribution < 1.29 is 27.4 Å². The summed E-state index contributed by atoms with van der Waals surface area (Å²) in [6.07, 6.45) is -3.60. The maximum absolute atomic E-state index is 12.7. The minimum atomic E-state index is -4.46. The quantitative estimate of drug-likeness (QED) is 0.797. The zero-order valence-corrected chi connectivity index (χ0v) is 13.6. The molecule has 134 valence electrons. The number of rotatable bonds is 7. The Hall–Kier alpha value is -2.70.